The molecule has 1 amide bonds. The van der Waals surface area contributed by atoms with Crippen molar-refractivity contribution in [1.82, 2.24) is 9.80 Å². The van der Waals surface area contributed by atoms with Gasteiger partial charge in [-0.05, 0) is 24.6 Å². The molecule has 126 valence electrons. The van der Waals surface area contributed by atoms with E-state index in [1.54, 1.807) is 14.0 Å². The average molecular weight is 320 g/mol. The van der Waals surface area contributed by atoms with Crippen molar-refractivity contribution >= 4 is 5.91 Å². The normalized spacial score (nSPS) is 19.5. The summed E-state index contributed by atoms with van der Waals surface area (Å²) in [6.07, 6.45) is -0.362. The molecule has 1 aromatic carbocycles. The van der Waals surface area contributed by atoms with Gasteiger partial charge in [-0.3, -0.25) is 9.69 Å². The average Bonchev–Trinajstić information content (AvgIpc) is 2.61. The number of rotatable bonds is 4. The van der Waals surface area contributed by atoms with E-state index in [1.165, 1.54) is 5.56 Å². The summed E-state index contributed by atoms with van der Waals surface area (Å²) in [4.78, 5) is 16.3. The van der Waals surface area contributed by atoms with Crippen molar-refractivity contribution in [3.05, 3.63) is 23.8 Å². The number of piperazine rings is 1. The van der Waals surface area contributed by atoms with Crippen LogP contribution in [-0.4, -0.2) is 68.3 Å². The van der Waals surface area contributed by atoms with Gasteiger partial charge >= 0.3 is 0 Å². The van der Waals surface area contributed by atoms with Crippen LogP contribution in [0, 0.1) is 0 Å². The molecule has 0 aromatic heterocycles. The molecule has 2 aliphatic heterocycles. The Labute approximate surface area is 136 Å². The minimum atomic E-state index is -0.362. The lowest BCUT2D eigenvalue weighted by molar-refractivity contribution is -0.142. The van der Waals surface area contributed by atoms with Gasteiger partial charge in [-0.1, -0.05) is 6.07 Å². The van der Waals surface area contributed by atoms with Crippen LogP contribution in [-0.2, 0) is 16.1 Å². The number of benzene rings is 1. The summed E-state index contributed by atoms with van der Waals surface area (Å²) in [6.45, 7) is 7.11. The van der Waals surface area contributed by atoms with E-state index in [0.717, 1.165) is 44.2 Å². The highest BCUT2D eigenvalue weighted by atomic mass is 16.6. The third-order valence-electron chi connectivity index (χ3n) is 4.40. The first-order valence-corrected chi connectivity index (χ1v) is 8.10. The van der Waals surface area contributed by atoms with E-state index in [0.29, 0.717) is 13.2 Å². The number of amides is 1. The highest BCUT2D eigenvalue weighted by molar-refractivity contribution is 5.80. The molecule has 2 aliphatic rings. The van der Waals surface area contributed by atoms with Crippen molar-refractivity contribution in [3.63, 3.8) is 0 Å². The van der Waals surface area contributed by atoms with E-state index in [-0.39, 0.29) is 12.0 Å². The Morgan fingerprint density at radius 3 is 2.57 bits per heavy atom. The minimum Gasteiger partial charge on any atom is -0.486 e. The van der Waals surface area contributed by atoms with Gasteiger partial charge in [0.05, 0.1) is 0 Å². The zero-order chi connectivity index (χ0) is 16.2. The van der Waals surface area contributed by atoms with Crippen LogP contribution in [0.15, 0.2) is 18.2 Å². The van der Waals surface area contributed by atoms with Crippen LogP contribution in [0.2, 0.25) is 0 Å². The van der Waals surface area contributed by atoms with Crippen molar-refractivity contribution in [2.45, 2.75) is 19.6 Å². The van der Waals surface area contributed by atoms with Gasteiger partial charge < -0.3 is 19.1 Å². The number of fused-ring (bicyclic) bond motifs is 1. The summed E-state index contributed by atoms with van der Waals surface area (Å²) in [7, 11) is 1.57. The Hall–Kier alpha value is -1.79. The molecule has 6 heteroatoms. The largest absolute Gasteiger partial charge is 0.486 e. The van der Waals surface area contributed by atoms with Crippen LogP contribution in [0.5, 0.6) is 11.5 Å². The predicted octanol–water partition coefficient (Wildman–Crippen LogP) is 1.14. The molecule has 0 aliphatic carbocycles. The molecule has 23 heavy (non-hydrogen) atoms. The Kier molecular flexibility index (Phi) is 5.03. The van der Waals surface area contributed by atoms with E-state index in [9.17, 15) is 4.79 Å². The van der Waals surface area contributed by atoms with Crippen molar-refractivity contribution in [3.8, 4) is 11.5 Å². The van der Waals surface area contributed by atoms with Gasteiger partial charge in [0.15, 0.2) is 11.5 Å². The number of carbonyl (C=O) groups excluding carboxylic acids is 1. The molecule has 1 atom stereocenters. The highest BCUT2D eigenvalue weighted by Crippen LogP contribution is 2.31. The molecule has 0 bridgehead atoms. The van der Waals surface area contributed by atoms with Gasteiger partial charge in [-0.2, -0.15) is 0 Å². The monoisotopic (exact) mass is 320 g/mol. The third-order valence-corrected chi connectivity index (χ3v) is 4.40. The quantitative estimate of drug-likeness (QED) is 0.833. The van der Waals surface area contributed by atoms with Crippen LogP contribution < -0.4 is 9.47 Å². The van der Waals surface area contributed by atoms with E-state index < -0.39 is 0 Å². The first-order valence-electron chi connectivity index (χ1n) is 8.10. The van der Waals surface area contributed by atoms with Crippen molar-refractivity contribution in [2.24, 2.45) is 0 Å². The second kappa shape index (κ2) is 7.19. The molecular weight excluding hydrogens is 296 g/mol. The van der Waals surface area contributed by atoms with Crippen LogP contribution in [0.25, 0.3) is 0 Å². The molecule has 0 saturated carbocycles. The highest BCUT2D eigenvalue weighted by Gasteiger charge is 2.25. The molecule has 0 unspecified atom stereocenters. The van der Waals surface area contributed by atoms with E-state index in [2.05, 4.69) is 17.0 Å². The Morgan fingerprint density at radius 1 is 1.17 bits per heavy atom. The maximum Gasteiger partial charge on any atom is 0.251 e. The van der Waals surface area contributed by atoms with Crippen LogP contribution in [0.4, 0.5) is 0 Å². The minimum absolute atomic E-state index is 0.0754. The number of hydrogen-bond acceptors (Lipinski definition) is 5. The summed E-state index contributed by atoms with van der Waals surface area (Å²) >= 11 is 0. The molecule has 1 saturated heterocycles. The van der Waals surface area contributed by atoms with Crippen LogP contribution >= 0.6 is 0 Å². The van der Waals surface area contributed by atoms with Gasteiger partial charge in [-0.15, -0.1) is 0 Å². The summed E-state index contributed by atoms with van der Waals surface area (Å²) in [5, 5.41) is 0. The second-order valence-corrected chi connectivity index (χ2v) is 5.96. The standard InChI is InChI=1S/C17H24N2O4/c1-13(21-2)17(20)19-7-5-18(6-8-19)12-14-3-4-15-16(11-14)23-10-9-22-15/h3-4,11,13H,5-10,12H2,1-2H3/t13-/m0/s1. The van der Waals surface area contributed by atoms with E-state index in [4.69, 9.17) is 14.2 Å². The molecule has 3 rings (SSSR count). The molecule has 2 heterocycles. The zero-order valence-corrected chi connectivity index (χ0v) is 13.8. The van der Waals surface area contributed by atoms with Gasteiger partial charge in [0, 0.05) is 39.8 Å². The summed E-state index contributed by atoms with van der Waals surface area (Å²) in [5.74, 6) is 1.73. The van der Waals surface area contributed by atoms with Crippen molar-refractivity contribution in [2.75, 3.05) is 46.5 Å². The first-order chi connectivity index (χ1) is 11.2. The lowest BCUT2D eigenvalue weighted by Gasteiger charge is -2.35. The number of hydrogen-bond donors (Lipinski definition) is 0. The molecule has 0 spiro atoms. The molecular formula is C17H24N2O4. The van der Waals surface area contributed by atoms with Crippen LogP contribution in [0.1, 0.15) is 12.5 Å². The van der Waals surface area contributed by atoms with Gasteiger partial charge in [0.2, 0.25) is 0 Å². The van der Waals surface area contributed by atoms with Crippen molar-refractivity contribution in [1.29, 1.82) is 0 Å². The fourth-order valence-corrected chi connectivity index (χ4v) is 2.93. The SMILES string of the molecule is CO[C@@H](C)C(=O)N1CCN(Cc2ccc3c(c2)OCCO3)CC1. The second-order valence-electron chi connectivity index (χ2n) is 5.96. The predicted molar refractivity (Wildman–Crippen MR) is 85.8 cm³/mol. The van der Waals surface area contributed by atoms with Crippen molar-refractivity contribution < 1.29 is 19.0 Å². The smallest absolute Gasteiger partial charge is 0.251 e. The summed E-state index contributed by atoms with van der Waals surface area (Å²) in [5.41, 5.74) is 1.21. The molecule has 0 N–H and O–H groups in total. The van der Waals surface area contributed by atoms with E-state index >= 15 is 0 Å². The first kappa shape index (κ1) is 16.1. The topological polar surface area (TPSA) is 51.2 Å². The molecule has 1 fully saturated rings. The summed E-state index contributed by atoms with van der Waals surface area (Å²) in [6, 6.07) is 6.11. The third kappa shape index (κ3) is 3.76. The van der Waals surface area contributed by atoms with E-state index in [1.807, 2.05) is 11.0 Å². The lowest BCUT2D eigenvalue weighted by atomic mass is 10.1. The Balaban J connectivity index is 1.54. The lowest BCUT2D eigenvalue weighted by Crippen LogP contribution is -2.50. The van der Waals surface area contributed by atoms with Gasteiger partial charge in [0.25, 0.3) is 5.91 Å². The zero-order valence-electron chi connectivity index (χ0n) is 13.8. The fraction of sp³-hybridized carbons (Fsp3) is 0.588. The molecule has 6 nitrogen and oxygen atoms in total. The molecule has 0 radical (unpaired) electrons. The summed E-state index contributed by atoms with van der Waals surface area (Å²) < 4.78 is 16.3. The fourth-order valence-electron chi connectivity index (χ4n) is 2.93. The number of nitrogens with zero attached hydrogens (tertiary/aromatic N) is 2. The van der Waals surface area contributed by atoms with Crippen LogP contribution in [0.3, 0.4) is 0 Å². The Morgan fingerprint density at radius 2 is 1.87 bits per heavy atom. The molecule has 1 aromatic rings. The number of carbonyl (C=O) groups is 1. The van der Waals surface area contributed by atoms with Gasteiger partial charge in [0.1, 0.15) is 19.3 Å². The number of methoxy groups -OCH3 is 1. The maximum absolute atomic E-state index is 12.1. The van der Waals surface area contributed by atoms with Gasteiger partial charge in [-0.25, -0.2) is 0 Å². The Bertz CT molecular complexity index is 556. The maximum atomic E-state index is 12.1. The number of ether oxygens (including phenoxy) is 3.